The van der Waals surface area contributed by atoms with Gasteiger partial charge in [0.2, 0.25) is 0 Å². The number of benzene rings is 1. The molecular weight excluding hydrogens is 378 g/mol. The zero-order valence-electron chi connectivity index (χ0n) is 16.5. The van der Waals surface area contributed by atoms with E-state index in [9.17, 15) is 9.59 Å². The molecule has 0 unspecified atom stereocenters. The molecule has 1 amide bonds. The lowest BCUT2D eigenvalue weighted by Gasteiger charge is -2.08. The molecule has 1 aromatic carbocycles. The van der Waals surface area contributed by atoms with E-state index in [2.05, 4.69) is 10.3 Å². The molecule has 0 atom stereocenters. The number of fused-ring (bicyclic) bond motifs is 1. The Labute approximate surface area is 174 Å². The number of hydrogen-bond donors (Lipinski definition) is 1. The van der Waals surface area contributed by atoms with E-state index in [-0.39, 0.29) is 6.54 Å². The number of pyridine rings is 2. The smallest absolute Gasteiger partial charge is 0.294 e. The van der Waals surface area contributed by atoms with Gasteiger partial charge < -0.3 is 14.5 Å². The van der Waals surface area contributed by atoms with Gasteiger partial charge in [-0.1, -0.05) is 18.2 Å². The van der Waals surface area contributed by atoms with Crippen LogP contribution in [0.15, 0.2) is 79.3 Å². The van der Waals surface area contributed by atoms with E-state index in [0.717, 1.165) is 22.4 Å². The fraction of sp³-hybridized carbons (Fsp3) is 0.125. The van der Waals surface area contributed by atoms with Gasteiger partial charge in [0.25, 0.3) is 11.7 Å². The lowest BCUT2D eigenvalue weighted by Crippen LogP contribution is -2.31. The van der Waals surface area contributed by atoms with Crippen LogP contribution in [0.4, 0.5) is 0 Å². The maximum atomic E-state index is 13.1. The second-order valence-corrected chi connectivity index (χ2v) is 6.73. The summed E-state index contributed by atoms with van der Waals surface area (Å²) < 4.78 is 7.25. The zero-order valence-corrected chi connectivity index (χ0v) is 16.5. The first-order valence-electron chi connectivity index (χ1n) is 9.72. The van der Waals surface area contributed by atoms with E-state index in [1.165, 1.54) is 0 Å². The Morgan fingerprint density at radius 2 is 1.80 bits per heavy atom. The highest BCUT2D eigenvalue weighted by atomic mass is 16.5. The average Bonchev–Trinajstić information content (AvgIpc) is 3.18. The number of carbonyl (C=O) groups is 2. The minimum atomic E-state index is -0.650. The predicted octanol–water partition coefficient (Wildman–Crippen LogP) is 3.90. The first-order valence-corrected chi connectivity index (χ1v) is 9.72. The molecule has 0 aliphatic carbocycles. The molecule has 1 N–H and O–H groups in total. The van der Waals surface area contributed by atoms with Crippen LogP contribution in [-0.2, 0) is 11.3 Å². The van der Waals surface area contributed by atoms with Crippen molar-refractivity contribution < 1.29 is 14.3 Å². The molecule has 150 valence electrons. The van der Waals surface area contributed by atoms with E-state index in [0.29, 0.717) is 17.9 Å². The van der Waals surface area contributed by atoms with Crippen LogP contribution in [0.1, 0.15) is 23.0 Å². The van der Waals surface area contributed by atoms with Crippen molar-refractivity contribution in [3.05, 3.63) is 90.5 Å². The zero-order chi connectivity index (χ0) is 20.9. The van der Waals surface area contributed by atoms with Gasteiger partial charge in [-0.25, -0.2) is 0 Å². The van der Waals surface area contributed by atoms with E-state index in [1.54, 1.807) is 35.1 Å². The second-order valence-electron chi connectivity index (χ2n) is 6.73. The lowest BCUT2D eigenvalue weighted by atomic mass is 10.0. The second kappa shape index (κ2) is 8.61. The molecule has 3 heterocycles. The van der Waals surface area contributed by atoms with Crippen molar-refractivity contribution in [3.8, 4) is 16.9 Å². The number of aromatic nitrogens is 2. The van der Waals surface area contributed by atoms with Gasteiger partial charge in [0, 0.05) is 36.2 Å². The number of ether oxygens (including phenoxy) is 1. The molecule has 4 rings (SSSR count). The molecule has 0 aliphatic heterocycles. The summed E-state index contributed by atoms with van der Waals surface area (Å²) in [6, 6.07) is 18.7. The fourth-order valence-corrected chi connectivity index (χ4v) is 3.34. The molecule has 6 heteroatoms. The third-order valence-electron chi connectivity index (χ3n) is 4.78. The third kappa shape index (κ3) is 3.93. The summed E-state index contributed by atoms with van der Waals surface area (Å²) in [5, 5.41) is 2.71. The third-order valence-corrected chi connectivity index (χ3v) is 4.78. The summed E-state index contributed by atoms with van der Waals surface area (Å²) in [6.07, 6.45) is 5.08. The molecule has 0 saturated heterocycles. The number of nitrogens with zero attached hydrogens (tertiary/aromatic N) is 2. The quantitative estimate of drug-likeness (QED) is 0.378. The Morgan fingerprint density at radius 3 is 2.53 bits per heavy atom. The normalized spacial score (nSPS) is 10.7. The van der Waals surface area contributed by atoms with Crippen LogP contribution in [0.25, 0.3) is 16.6 Å². The molecular formula is C24H21N3O3. The summed E-state index contributed by atoms with van der Waals surface area (Å²) in [5.74, 6) is -0.477. The summed E-state index contributed by atoms with van der Waals surface area (Å²) in [6.45, 7) is 2.77. The Balaban J connectivity index is 1.67. The largest absolute Gasteiger partial charge is 0.494 e. The maximum Gasteiger partial charge on any atom is 0.294 e. The van der Waals surface area contributed by atoms with Gasteiger partial charge in [-0.05, 0) is 60.5 Å². The van der Waals surface area contributed by atoms with Crippen molar-refractivity contribution in [1.82, 2.24) is 14.7 Å². The number of amides is 1. The highest BCUT2D eigenvalue weighted by Gasteiger charge is 2.24. The van der Waals surface area contributed by atoms with Crippen LogP contribution in [0, 0.1) is 0 Å². The standard InChI is InChI=1S/C24H21N3O3/c1-2-30-20-8-6-18(7-9-20)21-15-19-5-3-4-14-27(19)22(21)23(28)24(29)26-16-17-10-12-25-13-11-17/h3-15H,2,16H2,1H3,(H,26,29). The number of Topliss-reactive ketones (excluding diaryl/α,β-unsaturated/α-hetero) is 1. The molecule has 0 radical (unpaired) electrons. The molecule has 0 aliphatic rings. The summed E-state index contributed by atoms with van der Waals surface area (Å²) in [5.41, 5.74) is 3.59. The first kappa shape index (κ1) is 19.4. The van der Waals surface area contributed by atoms with Crippen molar-refractivity contribution in [2.45, 2.75) is 13.5 Å². The molecule has 30 heavy (non-hydrogen) atoms. The summed E-state index contributed by atoms with van der Waals surface area (Å²) >= 11 is 0. The minimum Gasteiger partial charge on any atom is -0.494 e. The van der Waals surface area contributed by atoms with Gasteiger partial charge in [-0.2, -0.15) is 0 Å². The van der Waals surface area contributed by atoms with Crippen LogP contribution in [0.2, 0.25) is 0 Å². The number of rotatable bonds is 7. The number of nitrogens with one attached hydrogen (secondary N) is 1. The van der Waals surface area contributed by atoms with Crippen molar-refractivity contribution in [2.24, 2.45) is 0 Å². The SMILES string of the molecule is CCOc1ccc(-c2cc3ccccn3c2C(=O)C(=O)NCc2ccncc2)cc1. The summed E-state index contributed by atoms with van der Waals surface area (Å²) in [4.78, 5) is 29.8. The van der Waals surface area contributed by atoms with Crippen molar-refractivity contribution in [1.29, 1.82) is 0 Å². The van der Waals surface area contributed by atoms with Crippen LogP contribution in [-0.4, -0.2) is 27.7 Å². The molecule has 3 aromatic heterocycles. The monoisotopic (exact) mass is 399 g/mol. The topological polar surface area (TPSA) is 72.7 Å². The number of ketones is 1. The van der Waals surface area contributed by atoms with Crippen LogP contribution >= 0.6 is 0 Å². The van der Waals surface area contributed by atoms with Crippen molar-refractivity contribution >= 4 is 17.2 Å². The number of carbonyl (C=O) groups excluding carboxylic acids is 2. The first-order chi connectivity index (χ1) is 14.7. The highest BCUT2D eigenvalue weighted by Crippen LogP contribution is 2.29. The highest BCUT2D eigenvalue weighted by molar-refractivity contribution is 6.43. The van der Waals surface area contributed by atoms with Crippen molar-refractivity contribution in [3.63, 3.8) is 0 Å². The van der Waals surface area contributed by atoms with Gasteiger partial charge in [0.15, 0.2) is 0 Å². The van der Waals surface area contributed by atoms with E-state index in [4.69, 9.17) is 4.74 Å². The van der Waals surface area contributed by atoms with Crippen LogP contribution in [0.5, 0.6) is 5.75 Å². The molecule has 0 saturated carbocycles. The van der Waals surface area contributed by atoms with Gasteiger partial charge in [0.1, 0.15) is 11.4 Å². The van der Waals surface area contributed by atoms with Crippen LogP contribution < -0.4 is 10.1 Å². The Kier molecular flexibility index (Phi) is 5.57. The Morgan fingerprint density at radius 1 is 1.03 bits per heavy atom. The molecule has 0 spiro atoms. The van der Waals surface area contributed by atoms with E-state index >= 15 is 0 Å². The Bertz CT molecular complexity index is 1180. The van der Waals surface area contributed by atoms with Crippen LogP contribution in [0.3, 0.4) is 0 Å². The van der Waals surface area contributed by atoms with Gasteiger partial charge >= 0.3 is 0 Å². The van der Waals surface area contributed by atoms with Crippen molar-refractivity contribution in [2.75, 3.05) is 6.61 Å². The molecule has 0 fully saturated rings. The molecule has 4 aromatic rings. The van der Waals surface area contributed by atoms with E-state index in [1.807, 2.05) is 55.5 Å². The predicted molar refractivity (Wildman–Crippen MR) is 114 cm³/mol. The van der Waals surface area contributed by atoms with Gasteiger partial charge in [0.05, 0.1) is 6.61 Å². The minimum absolute atomic E-state index is 0.259. The summed E-state index contributed by atoms with van der Waals surface area (Å²) in [7, 11) is 0. The molecule has 6 nitrogen and oxygen atoms in total. The number of hydrogen-bond acceptors (Lipinski definition) is 4. The maximum absolute atomic E-state index is 13.1. The molecule has 0 bridgehead atoms. The Hall–Kier alpha value is -3.93. The average molecular weight is 399 g/mol. The van der Waals surface area contributed by atoms with Gasteiger partial charge in [-0.15, -0.1) is 0 Å². The van der Waals surface area contributed by atoms with Gasteiger partial charge in [-0.3, -0.25) is 14.6 Å². The fourth-order valence-electron chi connectivity index (χ4n) is 3.34. The van der Waals surface area contributed by atoms with E-state index < -0.39 is 11.7 Å². The lowest BCUT2D eigenvalue weighted by molar-refractivity contribution is -0.117.